The van der Waals surface area contributed by atoms with Crippen LogP contribution in [0, 0.1) is 0 Å². The van der Waals surface area contributed by atoms with E-state index in [0.29, 0.717) is 11.4 Å². The van der Waals surface area contributed by atoms with Crippen LogP contribution >= 0.6 is 11.6 Å². The average Bonchev–Trinajstić information content (AvgIpc) is 2.84. The Morgan fingerprint density at radius 1 is 1.33 bits per heavy atom. The van der Waals surface area contributed by atoms with Gasteiger partial charge in [0.05, 0.1) is 11.5 Å². The van der Waals surface area contributed by atoms with Crippen molar-refractivity contribution in [3.8, 4) is 0 Å². The van der Waals surface area contributed by atoms with Crippen molar-refractivity contribution in [3.63, 3.8) is 0 Å². The van der Waals surface area contributed by atoms with E-state index in [4.69, 9.17) is 11.6 Å². The lowest BCUT2D eigenvalue weighted by Crippen LogP contribution is -2.50. The van der Waals surface area contributed by atoms with Crippen LogP contribution in [0.25, 0.3) is 0 Å². The maximum absolute atomic E-state index is 12.0. The van der Waals surface area contributed by atoms with Gasteiger partial charge in [0.2, 0.25) is 5.91 Å². The van der Waals surface area contributed by atoms with E-state index in [1.54, 1.807) is 25.1 Å². The molecule has 9 heteroatoms. The van der Waals surface area contributed by atoms with Crippen LogP contribution in [-0.2, 0) is 21.2 Å². The highest BCUT2D eigenvalue weighted by Gasteiger charge is 2.29. The van der Waals surface area contributed by atoms with Crippen molar-refractivity contribution in [3.05, 3.63) is 34.9 Å². The Morgan fingerprint density at radius 2 is 2.04 bits per heavy atom. The number of nitrogens with one attached hydrogen (secondary N) is 3. The molecule has 1 saturated heterocycles. The van der Waals surface area contributed by atoms with E-state index in [1.807, 2.05) is 6.07 Å². The third-order valence-electron chi connectivity index (χ3n) is 3.72. The molecule has 1 aromatic carbocycles. The van der Waals surface area contributed by atoms with Crippen molar-refractivity contribution in [2.75, 3.05) is 11.5 Å². The average molecular weight is 374 g/mol. The zero-order valence-electron chi connectivity index (χ0n) is 13.2. The molecule has 0 aromatic heterocycles. The molecule has 1 heterocycles. The summed E-state index contributed by atoms with van der Waals surface area (Å²) in [4.78, 5) is 23.8. The standard InChI is InChI=1S/C15H20ClN3O4S/c1-10(14(20)17-8-11-4-2-3-5-13(11)16)18-15(21)19-12-6-7-24(22,23)9-12/h2-5,10,12H,6-9H2,1H3,(H,17,20)(H2,18,19,21)/t10-,12+/m0/s1. The molecule has 1 fully saturated rings. The fourth-order valence-corrected chi connectivity index (χ4v) is 4.25. The van der Waals surface area contributed by atoms with Gasteiger partial charge < -0.3 is 16.0 Å². The Kier molecular flexibility index (Phi) is 6.06. The monoisotopic (exact) mass is 373 g/mol. The lowest BCUT2D eigenvalue weighted by Gasteiger charge is -2.17. The maximum atomic E-state index is 12.0. The Labute approximate surface area is 146 Å². The topological polar surface area (TPSA) is 104 Å². The van der Waals surface area contributed by atoms with Crippen LogP contribution in [-0.4, -0.2) is 43.9 Å². The molecule has 0 radical (unpaired) electrons. The minimum atomic E-state index is -3.06. The quantitative estimate of drug-likeness (QED) is 0.711. The van der Waals surface area contributed by atoms with Crippen LogP contribution in [0.1, 0.15) is 18.9 Å². The van der Waals surface area contributed by atoms with Crippen LogP contribution in [0.2, 0.25) is 5.02 Å². The van der Waals surface area contributed by atoms with Crippen LogP contribution in [0.5, 0.6) is 0 Å². The summed E-state index contributed by atoms with van der Waals surface area (Å²) in [5.74, 6) is -0.344. The third-order valence-corrected chi connectivity index (χ3v) is 5.86. The number of sulfone groups is 1. The number of carbonyl (C=O) groups is 2. The van der Waals surface area contributed by atoms with Gasteiger partial charge in [0, 0.05) is 17.6 Å². The number of hydrogen-bond acceptors (Lipinski definition) is 4. The van der Waals surface area contributed by atoms with E-state index in [2.05, 4.69) is 16.0 Å². The Balaban J connectivity index is 1.77. The van der Waals surface area contributed by atoms with E-state index in [-0.39, 0.29) is 24.0 Å². The molecule has 0 spiro atoms. The first-order valence-corrected chi connectivity index (χ1v) is 9.75. The highest BCUT2D eigenvalue weighted by Crippen LogP contribution is 2.14. The molecule has 3 N–H and O–H groups in total. The molecule has 0 unspecified atom stereocenters. The number of benzene rings is 1. The predicted molar refractivity (Wildman–Crippen MR) is 91.5 cm³/mol. The largest absolute Gasteiger partial charge is 0.350 e. The molecular weight excluding hydrogens is 354 g/mol. The van der Waals surface area contributed by atoms with Gasteiger partial charge in [0.25, 0.3) is 0 Å². The molecule has 1 aliphatic heterocycles. The van der Waals surface area contributed by atoms with E-state index in [9.17, 15) is 18.0 Å². The summed E-state index contributed by atoms with van der Waals surface area (Å²) in [5, 5.41) is 8.31. The first-order valence-electron chi connectivity index (χ1n) is 7.55. The molecule has 1 aromatic rings. The highest BCUT2D eigenvalue weighted by atomic mass is 35.5. The van der Waals surface area contributed by atoms with Crippen molar-refractivity contribution in [1.29, 1.82) is 0 Å². The summed E-state index contributed by atoms with van der Waals surface area (Å²) >= 11 is 6.01. The molecule has 24 heavy (non-hydrogen) atoms. The zero-order valence-corrected chi connectivity index (χ0v) is 14.8. The van der Waals surface area contributed by atoms with E-state index in [0.717, 1.165) is 5.56 Å². The van der Waals surface area contributed by atoms with Crippen molar-refractivity contribution in [1.82, 2.24) is 16.0 Å². The fraction of sp³-hybridized carbons (Fsp3) is 0.467. The summed E-state index contributed by atoms with van der Waals surface area (Å²) in [6, 6.07) is 5.42. The molecule has 3 amide bonds. The molecule has 0 bridgehead atoms. The first-order chi connectivity index (χ1) is 11.3. The van der Waals surface area contributed by atoms with Crippen LogP contribution in [0.4, 0.5) is 4.79 Å². The number of carbonyl (C=O) groups excluding carboxylic acids is 2. The molecule has 0 aliphatic carbocycles. The van der Waals surface area contributed by atoms with Gasteiger partial charge in [-0.25, -0.2) is 13.2 Å². The summed E-state index contributed by atoms with van der Waals surface area (Å²) in [6.45, 7) is 1.81. The zero-order chi connectivity index (χ0) is 17.7. The summed E-state index contributed by atoms with van der Waals surface area (Å²) in [5.41, 5.74) is 0.778. The Morgan fingerprint density at radius 3 is 2.67 bits per heavy atom. The Hall–Kier alpha value is -1.80. The van der Waals surface area contributed by atoms with Crippen molar-refractivity contribution in [2.45, 2.75) is 32.0 Å². The van der Waals surface area contributed by atoms with E-state index in [1.165, 1.54) is 0 Å². The number of urea groups is 1. The fourth-order valence-electron chi connectivity index (χ4n) is 2.38. The highest BCUT2D eigenvalue weighted by molar-refractivity contribution is 7.91. The molecule has 2 rings (SSSR count). The van der Waals surface area contributed by atoms with Gasteiger partial charge in [-0.3, -0.25) is 4.79 Å². The normalized spacial score (nSPS) is 20.2. The SMILES string of the molecule is C[C@H](NC(=O)N[C@@H]1CCS(=O)(=O)C1)C(=O)NCc1ccccc1Cl. The van der Waals surface area contributed by atoms with E-state index < -0.39 is 28.0 Å². The van der Waals surface area contributed by atoms with Gasteiger partial charge in [-0.15, -0.1) is 0 Å². The van der Waals surface area contributed by atoms with Crippen LogP contribution < -0.4 is 16.0 Å². The lowest BCUT2D eigenvalue weighted by atomic mass is 10.2. The van der Waals surface area contributed by atoms with Gasteiger partial charge in [-0.05, 0) is 25.0 Å². The second kappa shape index (κ2) is 7.85. The molecule has 2 atom stereocenters. The van der Waals surface area contributed by atoms with Crippen molar-refractivity contribution in [2.24, 2.45) is 0 Å². The number of amides is 3. The van der Waals surface area contributed by atoms with Gasteiger partial charge in [-0.2, -0.15) is 0 Å². The van der Waals surface area contributed by atoms with E-state index >= 15 is 0 Å². The van der Waals surface area contributed by atoms with Crippen LogP contribution in [0.15, 0.2) is 24.3 Å². The summed E-state index contributed by atoms with van der Waals surface area (Å²) < 4.78 is 22.7. The number of halogens is 1. The molecule has 0 saturated carbocycles. The second-order valence-corrected chi connectivity index (χ2v) is 8.38. The van der Waals surface area contributed by atoms with Crippen LogP contribution in [0.3, 0.4) is 0 Å². The molecular formula is C15H20ClN3O4S. The summed E-state index contributed by atoms with van der Waals surface area (Å²) in [7, 11) is -3.06. The minimum Gasteiger partial charge on any atom is -0.350 e. The van der Waals surface area contributed by atoms with Gasteiger partial charge in [-0.1, -0.05) is 29.8 Å². The first kappa shape index (κ1) is 18.5. The maximum Gasteiger partial charge on any atom is 0.315 e. The smallest absolute Gasteiger partial charge is 0.315 e. The lowest BCUT2D eigenvalue weighted by molar-refractivity contribution is -0.122. The van der Waals surface area contributed by atoms with Gasteiger partial charge in [0.1, 0.15) is 6.04 Å². The number of rotatable bonds is 5. The predicted octanol–water partition coefficient (Wildman–Crippen LogP) is 0.831. The summed E-state index contributed by atoms with van der Waals surface area (Å²) in [6.07, 6.45) is 0.392. The second-order valence-electron chi connectivity index (χ2n) is 5.75. The third kappa shape index (κ3) is 5.38. The molecule has 7 nitrogen and oxygen atoms in total. The van der Waals surface area contributed by atoms with Crippen molar-refractivity contribution < 1.29 is 18.0 Å². The number of hydrogen-bond donors (Lipinski definition) is 3. The van der Waals surface area contributed by atoms with Gasteiger partial charge in [0.15, 0.2) is 9.84 Å². The van der Waals surface area contributed by atoms with Gasteiger partial charge >= 0.3 is 6.03 Å². The van der Waals surface area contributed by atoms with Crippen molar-refractivity contribution >= 4 is 33.4 Å². The Bertz CT molecular complexity index is 723. The minimum absolute atomic E-state index is 0.0620. The molecule has 1 aliphatic rings. The molecule has 132 valence electrons.